The molecule has 1 heterocycles. The first-order chi connectivity index (χ1) is 7.22. The summed E-state index contributed by atoms with van der Waals surface area (Å²) in [6.45, 7) is 3.55. The Balaban J connectivity index is 2.49. The van der Waals surface area contributed by atoms with E-state index in [-0.39, 0.29) is 5.82 Å². The van der Waals surface area contributed by atoms with Crippen molar-refractivity contribution in [3.63, 3.8) is 0 Å². The van der Waals surface area contributed by atoms with Crippen LogP contribution in [0.15, 0.2) is 24.4 Å². The molecule has 0 fully saturated rings. The van der Waals surface area contributed by atoms with E-state index in [1.165, 1.54) is 11.6 Å². The third-order valence-corrected chi connectivity index (χ3v) is 2.65. The summed E-state index contributed by atoms with van der Waals surface area (Å²) >= 11 is 0. The van der Waals surface area contributed by atoms with E-state index in [9.17, 15) is 4.39 Å². The number of nitrogens with two attached hydrogens (primary N) is 1. The summed E-state index contributed by atoms with van der Waals surface area (Å²) in [5, 5.41) is 1.12. The molecule has 2 aromatic rings. The lowest BCUT2D eigenvalue weighted by molar-refractivity contribution is 0.625. The predicted octanol–water partition coefficient (Wildman–Crippen LogP) is 2.44. The summed E-state index contributed by atoms with van der Waals surface area (Å²) in [4.78, 5) is 0. The molecular weight excluding hydrogens is 191 g/mol. The molecule has 0 saturated heterocycles. The largest absolute Gasteiger partial charge is 0.347 e. The predicted molar refractivity (Wildman–Crippen MR) is 60.3 cm³/mol. The molecule has 2 nitrogen and oxygen atoms in total. The third kappa shape index (κ3) is 1.88. The van der Waals surface area contributed by atoms with E-state index in [2.05, 4.69) is 10.8 Å². The molecule has 1 aromatic carbocycles. The number of fused-ring (bicyclic) bond motifs is 1. The number of rotatable bonds is 3. The average molecular weight is 206 g/mol. The van der Waals surface area contributed by atoms with Gasteiger partial charge < -0.3 is 10.3 Å². The second kappa shape index (κ2) is 4.03. The van der Waals surface area contributed by atoms with Gasteiger partial charge in [-0.05, 0) is 43.7 Å². The highest BCUT2D eigenvalue weighted by Crippen LogP contribution is 2.21. The highest BCUT2D eigenvalue weighted by atomic mass is 19.1. The van der Waals surface area contributed by atoms with Crippen LogP contribution in [-0.2, 0) is 6.54 Å². The van der Waals surface area contributed by atoms with Crippen molar-refractivity contribution in [2.75, 3.05) is 6.54 Å². The summed E-state index contributed by atoms with van der Waals surface area (Å²) < 4.78 is 15.2. The molecule has 1 aromatic heterocycles. The second-order valence-corrected chi connectivity index (χ2v) is 3.81. The van der Waals surface area contributed by atoms with Gasteiger partial charge in [0.1, 0.15) is 5.82 Å². The first-order valence-corrected chi connectivity index (χ1v) is 5.17. The topological polar surface area (TPSA) is 30.9 Å². The first-order valence-electron chi connectivity index (χ1n) is 5.17. The van der Waals surface area contributed by atoms with E-state index in [1.807, 2.05) is 13.0 Å². The smallest absolute Gasteiger partial charge is 0.125 e. The molecular formula is C12H15FN2. The van der Waals surface area contributed by atoms with Crippen molar-refractivity contribution in [3.8, 4) is 0 Å². The Morgan fingerprint density at radius 3 is 2.93 bits per heavy atom. The van der Waals surface area contributed by atoms with Gasteiger partial charge in [0.05, 0.1) is 5.52 Å². The van der Waals surface area contributed by atoms with Gasteiger partial charge in [-0.2, -0.15) is 0 Å². The number of aryl methyl sites for hydroxylation is 2. The Kier molecular flexibility index (Phi) is 2.73. The van der Waals surface area contributed by atoms with Crippen LogP contribution < -0.4 is 5.73 Å². The Hall–Kier alpha value is -1.35. The zero-order chi connectivity index (χ0) is 10.8. The SMILES string of the molecule is Cc1cn(CCCN)c2cc(F)ccc12. The van der Waals surface area contributed by atoms with Crippen molar-refractivity contribution in [2.45, 2.75) is 19.9 Å². The molecule has 0 saturated carbocycles. The average Bonchev–Trinajstić information content (AvgIpc) is 2.52. The molecule has 0 bridgehead atoms. The molecule has 0 aliphatic carbocycles. The van der Waals surface area contributed by atoms with Crippen LogP contribution in [0.2, 0.25) is 0 Å². The summed E-state index contributed by atoms with van der Waals surface area (Å²) in [6.07, 6.45) is 2.97. The Morgan fingerprint density at radius 2 is 2.20 bits per heavy atom. The maximum atomic E-state index is 13.1. The van der Waals surface area contributed by atoms with Crippen molar-refractivity contribution in [1.82, 2.24) is 4.57 Å². The van der Waals surface area contributed by atoms with Gasteiger partial charge in [-0.3, -0.25) is 0 Å². The Labute approximate surface area is 88.5 Å². The maximum Gasteiger partial charge on any atom is 0.125 e. The van der Waals surface area contributed by atoms with Gasteiger partial charge in [-0.1, -0.05) is 0 Å². The standard InChI is InChI=1S/C12H15FN2/c1-9-8-15(6-2-5-14)12-7-10(13)3-4-11(9)12/h3-4,7-8H,2,5-6,14H2,1H3. The van der Waals surface area contributed by atoms with Gasteiger partial charge >= 0.3 is 0 Å². The van der Waals surface area contributed by atoms with Gasteiger partial charge in [0.15, 0.2) is 0 Å². The molecule has 3 heteroatoms. The highest BCUT2D eigenvalue weighted by molar-refractivity contribution is 5.83. The molecule has 0 unspecified atom stereocenters. The molecule has 2 N–H and O–H groups in total. The van der Waals surface area contributed by atoms with Crippen molar-refractivity contribution in [1.29, 1.82) is 0 Å². The van der Waals surface area contributed by atoms with Gasteiger partial charge in [0, 0.05) is 18.1 Å². The van der Waals surface area contributed by atoms with Gasteiger partial charge in [0.2, 0.25) is 0 Å². The lowest BCUT2D eigenvalue weighted by Gasteiger charge is -2.03. The number of halogens is 1. The fourth-order valence-electron chi connectivity index (χ4n) is 1.90. The third-order valence-electron chi connectivity index (χ3n) is 2.65. The van der Waals surface area contributed by atoms with E-state index in [0.29, 0.717) is 6.54 Å². The normalized spacial score (nSPS) is 11.1. The minimum Gasteiger partial charge on any atom is -0.347 e. The molecule has 0 spiro atoms. The van der Waals surface area contributed by atoms with Crippen LogP contribution in [0.3, 0.4) is 0 Å². The van der Waals surface area contributed by atoms with Crippen molar-refractivity contribution < 1.29 is 4.39 Å². The van der Waals surface area contributed by atoms with Crippen molar-refractivity contribution in [3.05, 3.63) is 35.8 Å². The first kappa shape index (κ1) is 10.2. The van der Waals surface area contributed by atoms with Gasteiger partial charge in [0.25, 0.3) is 0 Å². The van der Waals surface area contributed by atoms with E-state index in [0.717, 1.165) is 23.9 Å². The van der Waals surface area contributed by atoms with Crippen LogP contribution in [-0.4, -0.2) is 11.1 Å². The van der Waals surface area contributed by atoms with Crippen LogP contribution in [0, 0.1) is 12.7 Å². The van der Waals surface area contributed by atoms with E-state index < -0.39 is 0 Å². The minimum absolute atomic E-state index is 0.186. The molecule has 0 atom stereocenters. The lowest BCUT2D eigenvalue weighted by Crippen LogP contribution is -2.04. The summed E-state index contributed by atoms with van der Waals surface area (Å²) in [6, 6.07) is 4.92. The highest BCUT2D eigenvalue weighted by Gasteiger charge is 2.05. The number of aromatic nitrogens is 1. The molecule has 0 aliphatic rings. The maximum absolute atomic E-state index is 13.1. The van der Waals surface area contributed by atoms with Gasteiger partial charge in [-0.25, -0.2) is 4.39 Å². The fraction of sp³-hybridized carbons (Fsp3) is 0.333. The molecule has 80 valence electrons. The summed E-state index contributed by atoms with van der Waals surface area (Å²) in [7, 11) is 0. The zero-order valence-electron chi connectivity index (χ0n) is 8.83. The summed E-state index contributed by atoms with van der Waals surface area (Å²) in [5.74, 6) is -0.186. The van der Waals surface area contributed by atoms with E-state index in [1.54, 1.807) is 6.07 Å². The number of hydrogen-bond donors (Lipinski definition) is 1. The quantitative estimate of drug-likeness (QED) is 0.821. The van der Waals surface area contributed by atoms with E-state index in [4.69, 9.17) is 5.73 Å². The van der Waals surface area contributed by atoms with Crippen LogP contribution >= 0.6 is 0 Å². The van der Waals surface area contributed by atoms with Crippen molar-refractivity contribution >= 4 is 10.9 Å². The van der Waals surface area contributed by atoms with E-state index >= 15 is 0 Å². The molecule has 0 amide bonds. The Morgan fingerprint density at radius 1 is 1.40 bits per heavy atom. The fourth-order valence-corrected chi connectivity index (χ4v) is 1.90. The van der Waals surface area contributed by atoms with Crippen molar-refractivity contribution in [2.24, 2.45) is 5.73 Å². The second-order valence-electron chi connectivity index (χ2n) is 3.81. The minimum atomic E-state index is -0.186. The van der Waals surface area contributed by atoms with Crippen LogP contribution in [0.1, 0.15) is 12.0 Å². The number of nitrogens with zero attached hydrogens (tertiary/aromatic N) is 1. The lowest BCUT2D eigenvalue weighted by atomic mass is 10.2. The number of hydrogen-bond acceptors (Lipinski definition) is 1. The Bertz CT molecular complexity index is 474. The molecule has 15 heavy (non-hydrogen) atoms. The van der Waals surface area contributed by atoms with Crippen LogP contribution in [0.4, 0.5) is 4.39 Å². The zero-order valence-corrected chi connectivity index (χ0v) is 8.83. The molecule has 0 aliphatic heterocycles. The van der Waals surface area contributed by atoms with Gasteiger partial charge in [-0.15, -0.1) is 0 Å². The van der Waals surface area contributed by atoms with Crippen LogP contribution in [0.25, 0.3) is 10.9 Å². The summed E-state index contributed by atoms with van der Waals surface area (Å²) in [5.41, 5.74) is 7.61. The molecule has 0 radical (unpaired) electrons. The monoisotopic (exact) mass is 206 g/mol. The molecule has 2 rings (SSSR count). The number of benzene rings is 1. The van der Waals surface area contributed by atoms with Crippen LogP contribution in [0.5, 0.6) is 0 Å².